The molecule has 2 amide bonds. The number of ether oxygens (including phenoxy) is 1. The first-order valence-corrected chi connectivity index (χ1v) is 15.6. The van der Waals surface area contributed by atoms with E-state index in [0.29, 0.717) is 50.0 Å². The second kappa shape index (κ2) is 14.5. The number of rotatable bonds is 10. The smallest absolute Gasteiger partial charge is 0.406 e. The van der Waals surface area contributed by atoms with Crippen LogP contribution in [0.2, 0.25) is 5.02 Å². The summed E-state index contributed by atoms with van der Waals surface area (Å²) in [6.45, 7) is 4.39. The van der Waals surface area contributed by atoms with E-state index in [1.165, 1.54) is 12.7 Å². The van der Waals surface area contributed by atoms with Crippen molar-refractivity contribution < 1.29 is 19.4 Å². The van der Waals surface area contributed by atoms with Crippen LogP contribution in [0.4, 0.5) is 4.79 Å². The zero-order valence-electron chi connectivity index (χ0n) is 24.5. The van der Waals surface area contributed by atoms with Crippen LogP contribution >= 0.6 is 11.6 Å². The number of aryl methyl sites for hydroxylation is 1. The average molecular weight is 584 g/mol. The van der Waals surface area contributed by atoms with Crippen molar-refractivity contribution in [3.63, 3.8) is 0 Å². The van der Waals surface area contributed by atoms with Gasteiger partial charge in [0.25, 0.3) is 0 Å². The van der Waals surface area contributed by atoms with Gasteiger partial charge in [-0.05, 0) is 93.0 Å². The molecular weight excluding hydrogens is 538 g/mol. The number of methoxy groups -OCH3 is 1. The monoisotopic (exact) mass is 583 g/mol. The first-order chi connectivity index (χ1) is 19.8. The quantitative estimate of drug-likeness (QED) is 0.302. The zero-order valence-corrected chi connectivity index (χ0v) is 25.3. The van der Waals surface area contributed by atoms with Gasteiger partial charge in [0.15, 0.2) is 0 Å². The summed E-state index contributed by atoms with van der Waals surface area (Å²) in [6, 6.07) is 14.0. The molecule has 4 N–H and O–H groups in total. The standard InChI is InChI=1S/C33H46ClN3O4/c1-3-23-8-4-9-26(20-23)30-28(11-5-12-29(30)34)33(40,17-7-18-36-32(39)41-2)27-10-6-19-37(22-27)31(38)25-15-13-24(21-35)14-16-25/h4-5,8-9,11-12,20,24-25,27,40H,3,6-7,10,13-19,21-22,35H2,1-2H3,(H,36,39)/t24-,25-,27-,33+/m1/s1. The SMILES string of the molecule is CCc1cccc(-c2c(Cl)cccc2[C@](O)(CCCNC(=O)OC)[C@@H]2CCCN(C(=O)[C@H]3CC[C@H](CN)CC3)C2)c1. The van der Waals surface area contributed by atoms with Gasteiger partial charge in [-0.3, -0.25) is 4.79 Å². The highest BCUT2D eigenvalue weighted by atomic mass is 35.5. The summed E-state index contributed by atoms with van der Waals surface area (Å²) in [5.41, 5.74) is 8.40. The van der Waals surface area contributed by atoms with Crippen molar-refractivity contribution >= 4 is 23.6 Å². The number of carbonyl (C=O) groups excluding carboxylic acids is 2. The Balaban J connectivity index is 1.65. The Morgan fingerprint density at radius 3 is 2.61 bits per heavy atom. The number of benzene rings is 2. The number of piperidine rings is 1. The summed E-state index contributed by atoms with van der Waals surface area (Å²) in [5.74, 6) is 0.587. The summed E-state index contributed by atoms with van der Waals surface area (Å²) in [5, 5.41) is 16.1. The van der Waals surface area contributed by atoms with Gasteiger partial charge in [-0.2, -0.15) is 0 Å². The Bertz CT molecular complexity index is 1180. The Morgan fingerprint density at radius 1 is 1.15 bits per heavy atom. The van der Waals surface area contributed by atoms with E-state index in [0.717, 1.165) is 61.6 Å². The number of nitrogens with two attached hydrogens (primary N) is 1. The average Bonchev–Trinajstić information content (AvgIpc) is 3.02. The molecule has 2 atom stereocenters. The maximum atomic E-state index is 13.7. The van der Waals surface area contributed by atoms with E-state index in [1.807, 2.05) is 35.2 Å². The van der Waals surface area contributed by atoms with Crippen LogP contribution in [0.3, 0.4) is 0 Å². The molecule has 2 aliphatic rings. The molecule has 0 unspecified atom stereocenters. The minimum absolute atomic E-state index is 0.0346. The van der Waals surface area contributed by atoms with Gasteiger partial charge in [0.1, 0.15) is 0 Å². The molecule has 1 aliphatic heterocycles. The van der Waals surface area contributed by atoms with E-state index in [-0.39, 0.29) is 17.7 Å². The van der Waals surface area contributed by atoms with Crippen molar-refractivity contribution in [1.82, 2.24) is 10.2 Å². The van der Waals surface area contributed by atoms with Gasteiger partial charge in [-0.25, -0.2) is 4.79 Å². The summed E-state index contributed by atoms with van der Waals surface area (Å²) in [4.78, 5) is 27.4. The molecule has 0 spiro atoms. The molecule has 0 radical (unpaired) electrons. The van der Waals surface area contributed by atoms with Gasteiger partial charge in [-0.15, -0.1) is 0 Å². The third-order valence-corrected chi connectivity index (χ3v) is 9.55. The lowest BCUT2D eigenvalue weighted by atomic mass is 9.71. The highest BCUT2D eigenvalue weighted by molar-refractivity contribution is 6.33. The molecule has 41 heavy (non-hydrogen) atoms. The van der Waals surface area contributed by atoms with E-state index < -0.39 is 11.7 Å². The Labute approximate surface area is 249 Å². The van der Waals surface area contributed by atoms with E-state index in [4.69, 9.17) is 22.1 Å². The number of hydrogen-bond acceptors (Lipinski definition) is 5. The molecule has 224 valence electrons. The van der Waals surface area contributed by atoms with Crippen LogP contribution in [0, 0.1) is 17.8 Å². The topological polar surface area (TPSA) is 105 Å². The van der Waals surface area contributed by atoms with Crippen LogP contribution in [0.15, 0.2) is 42.5 Å². The molecule has 1 heterocycles. The van der Waals surface area contributed by atoms with Gasteiger partial charge in [0.2, 0.25) is 5.91 Å². The second-order valence-corrected chi connectivity index (χ2v) is 12.1. The summed E-state index contributed by atoms with van der Waals surface area (Å²) in [6.07, 6.45) is 6.76. The van der Waals surface area contributed by atoms with Crippen molar-refractivity contribution in [2.24, 2.45) is 23.5 Å². The fourth-order valence-electron chi connectivity index (χ4n) is 6.77. The highest BCUT2D eigenvalue weighted by Crippen LogP contribution is 2.46. The number of nitrogens with zero attached hydrogens (tertiary/aromatic N) is 1. The highest BCUT2D eigenvalue weighted by Gasteiger charge is 2.43. The lowest BCUT2D eigenvalue weighted by Gasteiger charge is -2.44. The predicted molar refractivity (Wildman–Crippen MR) is 164 cm³/mol. The number of aliphatic hydroxyl groups is 1. The summed E-state index contributed by atoms with van der Waals surface area (Å²) >= 11 is 6.87. The predicted octanol–water partition coefficient (Wildman–Crippen LogP) is 5.90. The van der Waals surface area contributed by atoms with E-state index in [1.54, 1.807) is 0 Å². The minimum Gasteiger partial charge on any atom is -0.453 e. The zero-order chi connectivity index (χ0) is 29.4. The Kier molecular flexibility index (Phi) is 11.1. The number of amides is 2. The second-order valence-electron chi connectivity index (χ2n) is 11.7. The van der Waals surface area contributed by atoms with Crippen LogP contribution in [0.5, 0.6) is 0 Å². The summed E-state index contributed by atoms with van der Waals surface area (Å²) in [7, 11) is 1.34. The molecule has 2 aromatic rings. The van der Waals surface area contributed by atoms with Crippen LogP contribution in [-0.4, -0.2) is 55.3 Å². The maximum absolute atomic E-state index is 13.7. The van der Waals surface area contributed by atoms with Crippen molar-refractivity contribution in [3.8, 4) is 11.1 Å². The van der Waals surface area contributed by atoms with Crippen LogP contribution < -0.4 is 11.1 Å². The summed E-state index contributed by atoms with van der Waals surface area (Å²) < 4.78 is 4.73. The number of halogens is 1. The molecule has 4 rings (SSSR count). The number of alkyl carbamates (subject to hydrolysis) is 1. The normalized spacial score (nSPS) is 22.6. The Hall–Kier alpha value is -2.61. The first kappa shape index (κ1) is 31.3. The fraction of sp³-hybridized carbons (Fsp3) is 0.576. The first-order valence-electron chi connectivity index (χ1n) is 15.2. The molecule has 8 heteroatoms. The molecule has 2 aromatic carbocycles. The Morgan fingerprint density at radius 2 is 1.90 bits per heavy atom. The molecule has 2 fully saturated rings. The molecule has 1 aliphatic carbocycles. The van der Waals surface area contributed by atoms with Gasteiger partial charge in [0, 0.05) is 42.1 Å². The lowest BCUT2D eigenvalue weighted by Crippen LogP contribution is -2.50. The maximum Gasteiger partial charge on any atom is 0.406 e. The van der Waals surface area contributed by atoms with Crippen molar-refractivity contribution in [1.29, 1.82) is 0 Å². The minimum atomic E-state index is -1.25. The lowest BCUT2D eigenvalue weighted by molar-refractivity contribution is -0.142. The van der Waals surface area contributed by atoms with Gasteiger partial charge in [-0.1, -0.05) is 54.9 Å². The van der Waals surface area contributed by atoms with Crippen LogP contribution in [0.1, 0.15) is 69.4 Å². The molecule has 0 aromatic heterocycles. The molecular formula is C33H46ClN3O4. The van der Waals surface area contributed by atoms with E-state index in [2.05, 4.69) is 24.4 Å². The third-order valence-electron chi connectivity index (χ3n) is 9.23. The molecule has 1 saturated carbocycles. The van der Waals surface area contributed by atoms with Crippen LogP contribution in [-0.2, 0) is 21.6 Å². The van der Waals surface area contributed by atoms with E-state index in [9.17, 15) is 14.7 Å². The fourth-order valence-corrected chi connectivity index (χ4v) is 7.06. The number of carbonyl (C=O) groups is 2. The third kappa shape index (κ3) is 7.43. The van der Waals surface area contributed by atoms with E-state index >= 15 is 0 Å². The van der Waals surface area contributed by atoms with Crippen molar-refractivity contribution in [3.05, 3.63) is 58.6 Å². The largest absolute Gasteiger partial charge is 0.453 e. The van der Waals surface area contributed by atoms with Crippen molar-refractivity contribution in [2.75, 3.05) is 33.3 Å². The van der Waals surface area contributed by atoms with Gasteiger partial charge >= 0.3 is 6.09 Å². The van der Waals surface area contributed by atoms with Crippen molar-refractivity contribution in [2.45, 2.75) is 70.3 Å². The molecule has 7 nitrogen and oxygen atoms in total. The number of likely N-dealkylation sites (tertiary alicyclic amines) is 1. The van der Waals surface area contributed by atoms with Gasteiger partial charge in [0.05, 0.1) is 12.7 Å². The molecule has 1 saturated heterocycles. The molecule has 0 bridgehead atoms. The number of nitrogens with one attached hydrogen (secondary N) is 1. The van der Waals surface area contributed by atoms with Crippen LogP contribution in [0.25, 0.3) is 11.1 Å². The van der Waals surface area contributed by atoms with Gasteiger partial charge < -0.3 is 25.8 Å². The number of hydrogen-bond donors (Lipinski definition) is 3.